The second-order valence-corrected chi connectivity index (χ2v) is 5.84. The van der Waals surface area contributed by atoms with E-state index in [2.05, 4.69) is 44.0 Å². The Kier molecular flexibility index (Phi) is 3.63. The molecule has 2 rings (SSSR count). The maximum Gasteiger partial charge on any atom is 0.0720 e. The molecule has 1 aromatic rings. The van der Waals surface area contributed by atoms with Gasteiger partial charge < -0.3 is 4.74 Å². The Bertz CT molecular complexity index is 291. The molecule has 0 unspecified atom stereocenters. The Morgan fingerprint density at radius 3 is 2.43 bits per heavy atom. The van der Waals surface area contributed by atoms with Crippen molar-refractivity contribution < 1.29 is 4.74 Å². The largest absolute Gasteiger partial charge is 0.373 e. The Morgan fingerprint density at radius 1 is 1.21 bits per heavy atom. The third-order valence-electron chi connectivity index (χ3n) is 2.44. The molecule has 0 radical (unpaired) electrons. The summed E-state index contributed by atoms with van der Waals surface area (Å²) in [5, 5.41) is 0. The molecule has 0 heterocycles. The van der Waals surface area contributed by atoms with Crippen molar-refractivity contribution in [2.75, 3.05) is 0 Å². The van der Waals surface area contributed by atoms with Crippen LogP contribution in [-0.2, 0) is 11.3 Å². The van der Waals surface area contributed by atoms with Crippen LogP contribution >= 0.6 is 31.9 Å². The third-order valence-corrected chi connectivity index (χ3v) is 3.71. The van der Waals surface area contributed by atoms with E-state index in [-0.39, 0.29) is 0 Å². The summed E-state index contributed by atoms with van der Waals surface area (Å²) < 4.78 is 6.85. The van der Waals surface area contributed by atoms with E-state index in [1.807, 2.05) is 12.1 Å². The van der Waals surface area contributed by atoms with Crippen molar-refractivity contribution in [3.8, 4) is 0 Å². The minimum Gasteiger partial charge on any atom is -0.373 e. The number of alkyl halides is 1. The highest BCUT2D eigenvalue weighted by atomic mass is 79.9. The summed E-state index contributed by atoms with van der Waals surface area (Å²) in [7, 11) is 0. The van der Waals surface area contributed by atoms with Gasteiger partial charge in [0.1, 0.15) is 0 Å². The van der Waals surface area contributed by atoms with Gasteiger partial charge >= 0.3 is 0 Å². The van der Waals surface area contributed by atoms with Gasteiger partial charge in [0.2, 0.25) is 0 Å². The average molecular weight is 320 g/mol. The van der Waals surface area contributed by atoms with E-state index < -0.39 is 0 Å². The summed E-state index contributed by atoms with van der Waals surface area (Å²) in [6, 6.07) is 8.28. The first-order valence-electron chi connectivity index (χ1n) is 4.74. The Hall–Kier alpha value is 0.140. The molecule has 1 aliphatic rings. The number of hydrogen-bond donors (Lipinski definition) is 0. The van der Waals surface area contributed by atoms with Gasteiger partial charge in [-0.2, -0.15) is 0 Å². The summed E-state index contributed by atoms with van der Waals surface area (Å²) in [5.74, 6) is 0. The molecule has 1 fully saturated rings. The van der Waals surface area contributed by atoms with Crippen molar-refractivity contribution in [1.82, 2.24) is 0 Å². The number of benzene rings is 1. The fraction of sp³-hybridized carbons (Fsp3) is 0.455. The molecule has 76 valence electrons. The van der Waals surface area contributed by atoms with Crippen LogP contribution < -0.4 is 0 Å². The van der Waals surface area contributed by atoms with E-state index in [1.54, 1.807) is 0 Å². The maximum absolute atomic E-state index is 5.73. The van der Waals surface area contributed by atoms with Crippen molar-refractivity contribution >= 4 is 31.9 Å². The fourth-order valence-corrected chi connectivity index (χ4v) is 2.53. The van der Waals surface area contributed by atoms with E-state index >= 15 is 0 Å². The maximum atomic E-state index is 5.73. The van der Waals surface area contributed by atoms with Crippen LogP contribution in [-0.4, -0.2) is 10.9 Å². The first kappa shape index (κ1) is 10.7. The SMILES string of the molecule is Brc1ccc(COC2CC(Br)C2)cc1. The average Bonchev–Trinajstić information content (AvgIpc) is 2.13. The minimum atomic E-state index is 0.461. The molecule has 0 saturated heterocycles. The van der Waals surface area contributed by atoms with Crippen LogP contribution in [0.2, 0.25) is 0 Å². The first-order valence-corrected chi connectivity index (χ1v) is 6.45. The van der Waals surface area contributed by atoms with Crippen molar-refractivity contribution in [2.24, 2.45) is 0 Å². The van der Waals surface area contributed by atoms with Crippen LogP contribution in [0.4, 0.5) is 0 Å². The summed E-state index contributed by atoms with van der Waals surface area (Å²) >= 11 is 6.96. The van der Waals surface area contributed by atoms with Crippen LogP contribution in [0.25, 0.3) is 0 Å². The van der Waals surface area contributed by atoms with E-state index in [1.165, 1.54) is 5.56 Å². The monoisotopic (exact) mass is 318 g/mol. The van der Waals surface area contributed by atoms with Crippen molar-refractivity contribution in [1.29, 1.82) is 0 Å². The van der Waals surface area contributed by atoms with Crippen molar-refractivity contribution in [2.45, 2.75) is 30.4 Å². The molecule has 14 heavy (non-hydrogen) atoms. The van der Waals surface area contributed by atoms with Gasteiger partial charge in [-0.1, -0.05) is 44.0 Å². The molecule has 0 aromatic heterocycles. The van der Waals surface area contributed by atoms with Gasteiger partial charge in [0, 0.05) is 9.30 Å². The highest BCUT2D eigenvalue weighted by molar-refractivity contribution is 9.10. The smallest absolute Gasteiger partial charge is 0.0720 e. The van der Waals surface area contributed by atoms with Crippen molar-refractivity contribution in [3.63, 3.8) is 0 Å². The summed E-state index contributed by atoms with van der Waals surface area (Å²) in [5.41, 5.74) is 1.24. The lowest BCUT2D eigenvalue weighted by Crippen LogP contribution is -2.31. The molecule has 0 spiro atoms. The van der Waals surface area contributed by atoms with Gasteiger partial charge in [-0.3, -0.25) is 0 Å². The summed E-state index contributed by atoms with van der Waals surface area (Å²) in [6.45, 7) is 0.734. The Morgan fingerprint density at radius 2 is 1.86 bits per heavy atom. The molecule has 0 amide bonds. The van der Waals surface area contributed by atoms with Gasteiger partial charge in [0.05, 0.1) is 12.7 Å². The molecule has 1 aliphatic carbocycles. The third kappa shape index (κ3) is 2.81. The van der Waals surface area contributed by atoms with Crippen LogP contribution in [0.1, 0.15) is 18.4 Å². The van der Waals surface area contributed by atoms with E-state index in [0.29, 0.717) is 10.9 Å². The number of ether oxygens (including phenoxy) is 1. The van der Waals surface area contributed by atoms with Gasteiger partial charge in [0.25, 0.3) is 0 Å². The zero-order valence-electron chi connectivity index (χ0n) is 7.75. The summed E-state index contributed by atoms with van der Waals surface area (Å²) in [6.07, 6.45) is 2.76. The number of hydrogen-bond acceptors (Lipinski definition) is 1. The molecule has 0 aliphatic heterocycles. The molecule has 1 saturated carbocycles. The molecule has 3 heteroatoms. The minimum absolute atomic E-state index is 0.461. The number of halogens is 2. The van der Waals surface area contributed by atoms with Gasteiger partial charge in [-0.15, -0.1) is 0 Å². The predicted molar refractivity (Wildman–Crippen MR) is 64.7 cm³/mol. The molecular formula is C11H12Br2O. The Labute approximate surface area is 101 Å². The van der Waals surface area contributed by atoms with Gasteiger partial charge in [-0.25, -0.2) is 0 Å². The lowest BCUT2D eigenvalue weighted by atomic mass is 9.96. The predicted octanol–water partition coefficient (Wildman–Crippen LogP) is 3.89. The van der Waals surface area contributed by atoms with Crippen LogP contribution in [0.3, 0.4) is 0 Å². The van der Waals surface area contributed by atoms with Crippen LogP contribution in [0, 0.1) is 0 Å². The van der Waals surface area contributed by atoms with Crippen LogP contribution in [0.15, 0.2) is 28.7 Å². The normalized spacial score (nSPS) is 25.9. The molecular weight excluding hydrogens is 308 g/mol. The molecule has 0 bridgehead atoms. The second kappa shape index (κ2) is 4.77. The number of rotatable bonds is 3. The first-order chi connectivity index (χ1) is 6.74. The standard InChI is InChI=1S/C11H12Br2O/c12-9-3-1-8(2-4-9)7-14-11-5-10(13)6-11/h1-4,10-11H,5-7H2. The highest BCUT2D eigenvalue weighted by Gasteiger charge is 2.27. The van der Waals surface area contributed by atoms with Gasteiger partial charge in [-0.05, 0) is 30.5 Å². The quantitative estimate of drug-likeness (QED) is 0.768. The molecule has 1 nitrogen and oxygen atoms in total. The van der Waals surface area contributed by atoms with E-state index in [9.17, 15) is 0 Å². The van der Waals surface area contributed by atoms with E-state index in [4.69, 9.17) is 4.74 Å². The summed E-state index contributed by atoms with van der Waals surface area (Å²) in [4.78, 5) is 0.678. The highest BCUT2D eigenvalue weighted by Crippen LogP contribution is 2.30. The van der Waals surface area contributed by atoms with Crippen LogP contribution in [0.5, 0.6) is 0 Å². The second-order valence-electron chi connectivity index (χ2n) is 3.63. The molecule has 0 atom stereocenters. The lowest BCUT2D eigenvalue weighted by molar-refractivity contribution is -0.00392. The van der Waals surface area contributed by atoms with E-state index in [0.717, 1.165) is 23.9 Å². The van der Waals surface area contributed by atoms with Gasteiger partial charge in [0.15, 0.2) is 0 Å². The topological polar surface area (TPSA) is 9.23 Å². The fourth-order valence-electron chi connectivity index (χ4n) is 1.43. The molecule has 1 aromatic carbocycles. The zero-order valence-corrected chi connectivity index (χ0v) is 10.9. The molecule has 0 N–H and O–H groups in total. The lowest BCUT2D eigenvalue weighted by Gasteiger charge is -2.31. The Balaban J connectivity index is 1.78. The van der Waals surface area contributed by atoms with Crippen molar-refractivity contribution in [3.05, 3.63) is 34.3 Å². The zero-order chi connectivity index (χ0) is 9.97.